The first-order chi connectivity index (χ1) is 7.67. The Hall–Kier alpha value is 0.120. The molecule has 0 nitrogen and oxygen atoms in total. The lowest BCUT2D eigenvalue weighted by Crippen LogP contribution is -2.31. The van der Waals surface area contributed by atoms with E-state index >= 15 is 0 Å². The van der Waals surface area contributed by atoms with Crippen molar-refractivity contribution >= 4 is 43.5 Å². The van der Waals surface area contributed by atoms with Crippen LogP contribution < -0.4 is 0 Å². The fourth-order valence-corrected chi connectivity index (χ4v) is 2.09. The predicted molar refractivity (Wildman–Crippen MR) is 61.7 cm³/mol. The molecule has 96 valence electrons. The van der Waals surface area contributed by atoms with Gasteiger partial charge in [0.25, 0.3) is 0 Å². The lowest BCUT2D eigenvalue weighted by atomic mass is 10.1. The van der Waals surface area contributed by atoms with E-state index in [-0.39, 0.29) is 9.50 Å². The van der Waals surface area contributed by atoms with Gasteiger partial charge in [0.1, 0.15) is 10.6 Å². The van der Waals surface area contributed by atoms with E-state index in [1.165, 1.54) is 0 Å². The lowest BCUT2D eigenvalue weighted by Gasteiger charge is -2.22. The zero-order valence-electron chi connectivity index (χ0n) is 7.83. The summed E-state index contributed by atoms with van der Waals surface area (Å²) >= 11 is 10.9. The first-order valence-corrected chi connectivity index (χ1v) is 6.21. The highest BCUT2D eigenvalue weighted by Crippen LogP contribution is 2.44. The van der Waals surface area contributed by atoms with E-state index in [9.17, 15) is 22.0 Å². The first-order valence-electron chi connectivity index (χ1n) is 4.12. The third-order valence-electron chi connectivity index (χ3n) is 1.94. The minimum Gasteiger partial charge on any atom is -0.207 e. The third-order valence-corrected chi connectivity index (χ3v) is 4.24. The van der Waals surface area contributed by atoms with Gasteiger partial charge in [-0.1, -0.05) is 27.5 Å². The summed E-state index contributed by atoms with van der Waals surface area (Å²) in [6.07, 6.45) is -3.91. The van der Waals surface area contributed by atoms with Gasteiger partial charge in [-0.2, -0.15) is 8.78 Å². The van der Waals surface area contributed by atoms with Crippen LogP contribution in [-0.4, -0.2) is 12.3 Å². The molecule has 17 heavy (non-hydrogen) atoms. The maximum absolute atomic E-state index is 13.4. The van der Waals surface area contributed by atoms with Crippen molar-refractivity contribution in [1.29, 1.82) is 0 Å². The molecule has 0 N–H and O–H groups in total. The van der Waals surface area contributed by atoms with Gasteiger partial charge < -0.3 is 0 Å². The van der Waals surface area contributed by atoms with Gasteiger partial charge in [-0.3, -0.25) is 0 Å². The monoisotopic (exact) mass is 400 g/mol. The Labute approximate surface area is 115 Å². The van der Waals surface area contributed by atoms with Crippen molar-refractivity contribution < 1.29 is 22.0 Å². The second-order valence-corrected chi connectivity index (χ2v) is 5.30. The summed E-state index contributed by atoms with van der Waals surface area (Å²) in [5, 5.41) is -0.0454. The van der Waals surface area contributed by atoms with Crippen LogP contribution in [-0.2, 0) is 0 Å². The zero-order chi connectivity index (χ0) is 13.4. The average molecular weight is 402 g/mol. The molecule has 0 saturated carbocycles. The number of rotatable bonds is 3. The SMILES string of the molecule is Fc1cc(Br)c(Cl)cc1C(Br)C(F)(F)C(F)F. The normalized spacial score (nSPS) is 14.2. The number of benzene rings is 1. The van der Waals surface area contributed by atoms with Gasteiger partial charge in [-0.25, -0.2) is 13.2 Å². The quantitative estimate of drug-likeness (QED) is 0.352. The van der Waals surface area contributed by atoms with Crippen molar-refractivity contribution in [3.8, 4) is 0 Å². The van der Waals surface area contributed by atoms with E-state index in [1.807, 2.05) is 0 Å². The van der Waals surface area contributed by atoms with E-state index in [2.05, 4.69) is 31.9 Å². The molecule has 8 heteroatoms. The Morgan fingerprint density at radius 2 is 1.76 bits per heavy atom. The molecule has 0 fully saturated rings. The molecular weight excluding hydrogens is 398 g/mol. The fourth-order valence-electron chi connectivity index (χ4n) is 1.05. The molecule has 1 rings (SSSR count). The second kappa shape index (κ2) is 5.40. The zero-order valence-corrected chi connectivity index (χ0v) is 11.8. The highest BCUT2D eigenvalue weighted by molar-refractivity contribution is 9.10. The van der Waals surface area contributed by atoms with Crippen LogP contribution in [0, 0.1) is 5.82 Å². The van der Waals surface area contributed by atoms with Gasteiger partial charge >= 0.3 is 12.3 Å². The molecule has 0 spiro atoms. The molecular formula is C9H4Br2ClF5. The highest BCUT2D eigenvalue weighted by Gasteiger charge is 2.49. The molecule has 0 heterocycles. The van der Waals surface area contributed by atoms with Crippen LogP contribution in [0.3, 0.4) is 0 Å². The molecule has 1 aromatic carbocycles. The van der Waals surface area contributed by atoms with Crippen LogP contribution >= 0.6 is 43.5 Å². The Balaban J connectivity index is 3.21. The molecule has 1 atom stereocenters. The predicted octanol–water partition coefficient (Wildman–Crippen LogP) is 5.58. The molecule has 0 saturated heterocycles. The molecule has 1 aromatic rings. The van der Waals surface area contributed by atoms with E-state index in [1.54, 1.807) is 0 Å². The number of halogens is 8. The molecule has 0 aliphatic carbocycles. The molecule has 0 aromatic heterocycles. The van der Waals surface area contributed by atoms with Crippen LogP contribution in [0.1, 0.15) is 10.4 Å². The molecule has 0 amide bonds. The summed E-state index contributed by atoms with van der Waals surface area (Å²) in [6, 6.07) is 1.71. The molecule has 0 aliphatic heterocycles. The van der Waals surface area contributed by atoms with E-state index in [0.717, 1.165) is 12.1 Å². The van der Waals surface area contributed by atoms with Gasteiger partial charge in [0, 0.05) is 10.0 Å². The Kier molecular flexibility index (Phi) is 4.82. The summed E-state index contributed by atoms with van der Waals surface area (Å²) < 4.78 is 63.8. The summed E-state index contributed by atoms with van der Waals surface area (Å²) in [4.78, 5) is -2.15. The molecule has 0 aliphatic rings. The third kappa shape index (κ3) is 3.12. The van der Waals surface area contributed by atoms with Crippen molar-refractivity contribution in [2.24, 2.45) is 0 Å². The maximum Gasteiger partial charge on any atom is 0.323 e. The summed E-state index contributed by atoms with van der Waals surface area (Å²) in [6.45, 7) is 0. The van der Waals surface area contributed by atoms with E-state index in [0.29, 0.717) is 0 Å². The van der Waals surface area contributed by atoms with Gasteiger partial charge in [-0.15, -0.1) is 0 Å². The van der Waals surface area contributed by atoms with Crippen LogP contribution in [0.5, 0.6) is 0 Å². The number of alkyl halides is 5. The van der Waals surface area contributed by atoms with Crippen molar-refractivity contribution in [2.45, 2.75) is 17.2 Å². The molecule has 1 unspecified atom stereocenters. The highest BCUT2D eigenvalue weighted by atomic mass is 79.9. The Morgan fingerprint density at radius 1 is 1.24 bits per heavy atom. The second-order valence-electron chi connectivity index (χ2n) is 3.13. The van der Waals surface area contributed by atoms with Gasteiger partial charge in [0.2, 0.25) is 0 Å². The molecule has 0 bridgehead atoms. The topological polar surface area (TPSA) is 0 Å². The summed E-state index contributed by atoms with van der Waals surface area (Å²) in [7, 11) is 0. The summed E-state index contributed by atoms with van der Waals surface area (Å²) in [5.74, 6) is -5.44. The smallest absolute Gasteiger partial charge is 0.207 e. The van der Waals surface area contributed by atoms with Crippen molar-refractivity contribution in [3.63, 3.8) is 0 Å². The van der Waals surface area contributed by atoms with Crippen molar-refractivity contribution in [3.05, 3.63) is 33.0 Å². The average Bonchev–Trinajstić information content (AvgIpc) is 2.22. The standard InChI is InChI=1S/C9H4Br2ClF5/c10-4-2-6(13)3(1-5(4)12)7(11)9(16,17)8(14)15/h1-2,7-8H. The largest absolute Gasteiger partial charge is 0.323 e. The Bertz CT molecular complexity index is 424. The van der Waals surface area contributed by atoms with Crippen LogP contribution in [0.15, 0.2) is 16.6 Å². The van der Waals surface area contributed by atoms with Crippen LogP contribution in [0.25, 0.3) is 0 Å². The summed E-state index contributed by atoms with van der Waals surface area (Å²) in [5.41, 5.74) is -0.622. The molecule has 0 radical (unpaired) electrons. The van der Waals surface area contributed by atoms with Crippen molar-refractivity contribution in [2.75, 3.05) is 0 Å². The van der Waals surface area contributed by atoms with Gasteiger partial charge in [0.15, 0.2) is 0 Å². The lowest BCUT2D eigenvalue weighted by molar-refractivity contribution is -0.128. The van der Waals surface area contributed by atoms with Gasteiger partial charge in [0.05, 0.1) is 5.02 Å². The van der Waals surface area contributed by atoms with E-state index in [4.69, 9.17) is 11.6 Å². The van der Waals surface area contributed by atoms with E-state index < -0.39 is 28.6 Å². The van der Waals surface area contributed by atoms with Crippen LogP contribution in [0.4, 0.5) is 22.0 Å². The van der Waals surface area contributed by atoms with Crippen molar-refractivity contribution in [1.82, 2.24) is 0 Å². The minimum absolute atomic E-state index is 0.0454. The number of hydrogen-bond acceptors (Lipinski definition) is 0. The fraction of sp³-hybridized carbons (Fsp3) is 0.333. The van der Waals surface area contributed by atoms with Crippen LogP contribution in [0.2, 0.25) is 5.02 Å². The number of hydrogen-bond donors (Lipinski definition) is 0. The minimum atomic E-state index is -4.39. The Morgan fingerprint density at radius 3 is 2.24 bits per heavy atom. The first kappa shape index (κ1) is 15.2. The van der Waals surface area contributed by atoms with Gasteiger partial charge in [-0.05, 0) is 28.1 Å². The maximum atomic E-state index is 13.4.